The van der Waals surface area contributed by atoms with Crippen LogP contribution in [0.3, 0.4) is 0 Å². The van der Waals surface area contributed by atoms with Crippen LogP contribution in [0.15, 0.2) is 12.2 Å². The van der Waals surface area contributed by atoms with E-state index < -0.39 is 71.2 Å². The molecule has 13 heteroatoms. The molecule has 1 fully saturated rings. The highest BCUT2D eigenvalue weighted by atomic mass is 32.2. The van der Waals surface area contributed by atoms with E-state index in [4.69, 9.17) is 18.9 Å². The minimum absolute atomic E-state index is 0.167. The first-order chi connectivity index (χ1) is 28.0. The molecule has 0 bridgehead atoms. The molecule has 0 aromatic carbocycles. The average Bonchev–Trinajstić information content (AvgIpc) is 3.18. The number of allylic oxidation sites excluding steroid dienone is 2. The van der Waals surface area contributed by atoms with Crippen molar-refractivity contribution in [1.29, 1.82) is 0 Å². The minimum atomic E-state index is -4.60. The average molecular weight is 849 g/mol. The molecular weight excluding hydrogens is 765 g/mol. The maximum absolute atomic E-state index is 12.8. The standard InChI is InChI=1S/C45H84O12S/c1-3-5-7-9-11-13-15-17-18-19-20-22-24-26-28-30-32-34-41(47)56-38(36-55-45-44(50)43(49)42(48)39(57-45)37-58(51,52)53)35-54-40(46)33-31-29-27-25-23-21-16-14-12-10-8-6-4-2/h21,23,38-39,42-45,48-50H,3-20,22,24-37H2,1-2H3,(H,51,52,53)/b23-21+/t38-,39-,42-,43?,44?,45+/m1/s1. The van der Waals surface area contributed by atoms with E-state index in [9.17, 15) is 37.9 Å². The van der Waals surface area contributed by atoms with Gasteiger partial charge in [0, 0.05) is 12.8 Å². The topological polar surface area (TPSA) is 186 Å². The summed E-state index contributed by atoms with van der Waals surface area (Å²) >= 11 is 0. The first-order valence-electron chi connectivity index (χ1n) is 23.2. The second-order valence-electron chi connectivity index (χ2n) is 16.4. The second kappa shape index (κ2) is 36.1. The Bertz CT molecular complexity index is 1130. The van der Waals surface area contributed by atoms with Crippen molar-refractivity contribution in [2.75, 3.05) is 19.0 Å². The predicted octanol–water partition coefficient (Wildman–Crippen LogP) is 9.45. The lowest BCUT2D eigenvalue weighted by molar-refractivity contribution is -0.297. The van der Waals surface area contributed by atoms with Gasteiger partial charge < -0.3 is 34.3 Å². The third-order valence-corrected chi connectivity index (χ3v) is 11.6. The quantitative estimate of drug-likeness (QED) is 0.0199. The zero-order chi connectivity index (χ0) is 42.7. The van der Waals surface area contributed by atoms with Gasteiger partial charge in [0.15, 0.2) is 12.4 Å². The number of ether oxygens (including phenoxy) is 4. The molecule has 1 heterocycles. The lowest BCUT2D eigenvalue weighted by atomic mass is 10.00. The van der Waals surface area contributed by atoms with E-state index in [0.29, 0.717) is 12.8 Å². The Balaban J connectivity index is 2.43. The Morgan fingerprint density at radius 1 is 0.569 bits per heavy atom. The molecule has 0 aromatic rings. The Labute approximate surface area is 352 Å². The van der Waals surface area contributed by atoms with Crippen molar-refractivity contribution >= 4 is 22.1 Å². The van der Waals surface area contributed by atoms with Gasteiger partial charge in [0.05, 0.1) is 6.61 Å². The Morgan fingerprint density at radius 2 is 0.983 bits per heavy atom. The molecule has 1 aliphatic heterocycles. The summed E-state index contributed by atoms with van der Waals surface area (Å²) < 4.78 is 54.0. The Kier molecular flexibility index (Phi) is 33.8. The highest BCUT2D eigenvalue weighted by molar-refractivity contribution is 7.85. The van der Waals surface area contributed by atoms with Crippen molar-refractivity contribution in [1.82, 2.24) is 0 Å². The lowest BCUT2D eigenvalue weighted by Crippen LogP contribution is -2.60. The van der Waals surface area contributed by atoms with E-state index in [1.807, 2.05) is 0 Å². The van der Waals surface area contributed by atoms with Gasteiger partial charge in [-0.3, -0.25) is 14.1 Å². The number of hydrogen-bond acceptors (Lipinski definition) is 11. The Morgan fingerprint density at radius 3 is 1.45 bits per heavy atom. The van der Waals surface area contributed by atoms with E-state index >= 15 is 0 Å². The van der Waals surface area contributed by atoms with Crippen LogP contribution in [0.1, 0.15) is 206 Å². The molecule has 4 N–H and O–H groups in total. The van der Waals surface area contributed by atoms with Gasteiger partial charge >= 0.3 is 11.9 Å². The number of esters is 2. The molecule has 0 spiro atoms. The second-order valence-corrected chi connectivity index (χ2v) is 17.9. The summed E-state index contributed by atoms with van der Waals surface area (Å²) in [6, 6.07) is 0. The van der Waals surface area contributed by atoms with Crippen molar-refractivity contribution in [2.45, 2.75) is 243 Å². The number of unbranched alkanes of at least 4 members (excludes halogenated alkanes) is 25. The van der Waals surface area contributed by atoms with Gasteiger partial charge in [0.1, 0.15) is 36.8 Å². The molecule has 12 nitrogen and oxygen atoms in total. The maximum atomic E-state index is 12.8. The monoisotopic (exact) mass is 849 g/mol. The van der Waals surface area contributed by atoms with Crippen molar-refractivity contribution in [2.24, 2.45) is 0 Å². The predicted molar refractivity (Wildman–Crippen MR) is 229 cm³/mol. The van der Waals surface area contributed by atoms with Crippen LogP contribution in [0, 0.1) is 0 Å². The largest absolute Gasteiger partial charge is 0.462 e. The normalized spacial score (nSPS) is 20.4. The Hall–Kier alpha value is -1.61. The first kappa shape index (κ1) is 54.4. The van der Waals surface area contributed by atoms with Crippen molar-refractivity contribution in [3.63, 3.8) is 0 Å². The third-order valence-electron chi connectivity index (χ3n) is 10.8. The summed E-state index contributed by atoms with van der Waals surface area (Å²) in [5.41, 5.74) is 0. The summed E-state index contributed by atoms with van der Waals surface area (Å²) in [4.78, 5) is 25.4. The van der Waals surface area contributed by atoms with Crippen LogP contribution in [0.4, 0.5) is 0 Å². The van der Waals surface area contributed by atoms with E-state index in [1.54, 1.807) is 0 Å². The summed E-state index contributed by atoms with van der Waals surface area (Å²) in [6.07, 6.45) is 28.3. The molecule has 342 valence electrons. The molecule has 1 rings (SSSR count). The molecule has 0 amide bonds. The fourth-order valence-electron chi connectivity index (χ4n) is 7.20. The summed E-state index contributed by atoms with van der Waals surface area (Å²) in [6.45, 7) is 3.75. The molecular formula is C45H84O12S. The SMILES string of the molecule is CCCCCCCC/C=C/CCCCCC(=O)OC[C@H](CO[C@H]1O[C@H](CS(=O)(=O)O)[C@@H](O)C(O)C1O)OC(=O)CCCCCCCCCCCCCCCCCCC. The smallest absolute Gasteiger partial charge is 0.306 e. The van der Waals surface area contributed by atoms with Gasteiger partial charge in [-0.05, 0) is 38.5 Å². The van der Waals surface area contributed by atoms with Crippen LogP contribution >= 0.6 is 0 Å². The van der Waals surface area contributed by atoms with E-state index in [-0.39, 0.29) is 19.4 Å². The summed E-state index contributed by atoms with van der Waals surface area (Å²) in [5, 5.41) is 30.9. The van der Waals surface area contributed by atoms with E-state index in [2.05, 4.69) is 26.0 Å². The van der Waals surface area contributed by atoms with Crippen LogP contribution in [0.2, 0.25) is 0 Å². The van der Waals surface area contributed by atoms with Crippen molar-refractivity contribution in [3.8, 4) is 0 Å². The van der Waals surface area contributed by atoms with Gasteiger partial charge in [-0.2, -0.15) is 8.42 Å². The molecule has 0 aromatic heterocycles. The molecule has 58 heavy (non-hydrogen) atoms. The highest BCUT2D eigenvalue weighted by Crippen LogP contribution is 2.24. The van der Waals surface area contributed by atoms with Crippen molar-refractivity contribution < 1.29 is 56.8 Å². The van der Waals surface area contributed by atoms with Gasteiger partial charge in [0.2, 0.25) is 0 Å². The number of aliphatic hydroxyl groups is 3. The zero-order valence-electron chi connectivity index (χ0n) is 36.4. The van der Waals surface area contributed by atoms with E-state index in [1.165, 1.54) is 122 Å². The number of aliphatic hydroxyl groups excluding tert-OH is 3. The molecule has 0 radical (unpaired) electrons. The fraction of sp³-hybridized carbons (Fsp3) is 0.911. The lowest BCUT2D eigenvalue weighted by Gasteiger charge is -2.40. The summed E-state index contributed by atoms with van der Waals surface area (Å²) in [5.74, 6) is -1.99. The number of carbonyl (C=O) groups excluding carboxylic acids is 2. The maximum Gasteiger partial charge on any atom is 0.306 e. The molecule has 0 aliphatic carbocycles. The molecule has 6 atom stereocenters. The van der Waals surface area contributed by atoms with Crippen LogP contribution in [0.25, 0.3) is 0 Å². The van der Waals surface area contributed by atoms with E-state index in [0.717, 1.165) is 44.9 Å². The van der Waals surface area contributed by atoms with Crippen LogP contribution in [-0.4, -0.2) is 96.0 Å². The first-order valence-corrected chi connectivity index (χ1v) is 24.9. The highest BCUT2D eigenvalue weighted by Gasteiger charge is 2.46. The molecule has 1 saturated heterocycles. The van der Waals surface area contributed by atoms with Gasteiger partial charge in [-0.1, -0.05) is 167 Å². The number of hydrogen-bond donors (Lipinski definition) is 4. The summed E-state index contributed by atoms with van der Waals surface area (Å²) in [7, 11) is -4.60. The van der Waals surface area contributed by atoms with Gasteiger partial charge in [-0.25, -0.2) is 0 Å². The molecule has 1 aliphatic rings. The van der Waals surface area contributed by atoms with Crippen molar-refractivity contribution in [3.05, 3.63) is 12.2 Å². The third kappa shape index (κ3) is 30.4. The van der Waals surface area contributed by atoms with Crippen LogP contribution in [0.5, 0.6) is 0 Å². The fourth-order valence-corrected chi connectivity index (χ4v) is 7.89. The van der Waals surface area contributed by atoms with Gasteiger partial charge in [0.25, 0.3) is 10.1 Å². The van der Waals surface area contributed by atoms with Crippen LogP contribution < -0.4 is 0 Å². The van der Waals surface area contributed by atoms with Gasteiger partial charge in [-0.15, -0.1) is 0 Å². The van der Waals surface area contributed by atoms with Crippen LogP contribution in [-0.2, 0) is 38.7 Å². The molecule has 2 unspecified atom stereocenters. The zero-order valence-corrected chi connectivity index (χ0v) is 37.2. The minimum Gasteiger partial charge on any atom is -0.462 e. The number of rotatable bonds is 39. The molecule has 0 saturated carbocycles. The number of carbonyl (C=O) groups is 2.